The van der Waals surface area contributed by atoms with Crippen LogP contribution in [0.4, 0.5) is 10.1 Å². The zero-order chi connectivity index (χ0) is 19.4. The Labute approximate surface area is 155 Å². The number of ketones is 1. The largest absolute Gasteiger partial charge is 0.496 e. The molecule has 0 bridgehead atoms. The summed E-state index contributed by atoms with van der Waals surface area (Å²) in [5, 5.41) is 0. The van der Waals surface area contributed by atoms with Gasteiger partial charge in [-0.25, -0.2) is 9.18 Å². The van der Waals surface area contributed by atoms with Crippen molar-refractivity contribution in [2.45, 2.75) is 12.8 Å². The summed E-state index contributed by atoms with van der Waals surface area (Å²) in [6.07, 6.45) is 1.26. The van der Waals surface area contributed by atoms with Crippen LogP contribution in [-0.4, -0.2) is 37.9 Å². The first-order valence-electron chi connectivity index (χ1n) is 8.44. The molecule has 0 aromatic heterocycles. The number of amides is 1. The lowest BCUT2D eigenvalue weighted by Crippen LogP contribution is -2.24. The van der Waals surface area contributed by atoms with Crippen LogP contribution in [0, 0.1) is 5.82 Å². The van der Waals surface area contributed by atoms with E-state index in [2.05, 4.69) is 0 Å². The maximum atomic E-state index is 13.4. The molecule has 7 heteroatoms. The Morgan fingerprint density at radius 1 is 1.19 bits per heavy atom. The van der Waals surface area contributed by atoms with E-state index in [0.717, 1.165) is 12.5 Å². The van der Waals surface area contributed by atoms with Crippen molar-refractivity contribution in [1.29, 1.82) is 0 Å². The molecule has 27 heavy (non-hydrogen) atoms. The van der Waals surface area contributed by atoms with Crippen molar-refractivity contribution in [3.05, 3.63) is 59.4 Å². The number of rotatable bonds is 6. The summed E-state index contributed by atoms with van der Waals surface area (Å²) in [5.74, 6) is -1.66. The molecule has 2 aromatic rings. The van der Waals surface area contributed by atoms with Crippen LogP contribution in [0.15, 0.2) is 42.5 Å². The number of carbonyl (C=O) groups is 3. The van der Waals surface area contributed by atoms with Crippen molar-refractivity contribution < 1.29 is 28.2 Å². The van der Waals surface area contributed by atoms with Crippen LogP contribution in [0.5, 0.6) is 5.75 Å². The van der Waals surface area contributed by atoms with Gasteiger partial charge in [0.2, 0.25) is 11.7 Å². The molecule has 0 N–H and O–H groups in total. The molecule has 1 aliphatic rings. The highest BCUT2D eigenvalue weighted by Gasteiger charge is 2.23. The van der Waals surface area contributed by atoms with E-state index in [1.165, 1.54) is 19.2 Å². The average molecular weight is 371 g/mol. The minimum atomic E-state index is -0.702. The number of esters is 1. The molecule has 0 aliphatic carbocycles. The van der Waals surface area contributed by atoms with Crippen LogP contribution in [0.1, 0.15) is 33.6 Å². The van der Waals surface area contributed by atoms with Crippen LogP contribution in [0.3, 0.4) is 0 Å². The van der Waals surface area contributed by atoms with E-state index < -0.39 is 24.2 Å². The van der Waals surface area contributed by atoms with Gasteiger partial charge in [0.05, 0.1) is 18.2 Å². The number of benzene rings is 2. The maximum absolute atomic E-state index is 13.4. The van der Waals surface area contributed by atoms with Crippen molar-refractivity contribution in [3.63, 3.8) is 0 Å². The minimum absolute atomic E-state index is 0.00159. The SMILES string of the molecule is COc1ccc(F)cc1C(=O)COC(=O)c1cccc(N2CCCC2=O)c1. The lowest BCUT2D eigenvalue weighted by molar-refractivity contribution is -0.117. The third-order valence-corrected chi connectivity index (χ3v) is 4.26. The molecule has 1 amide bonds. The van der Waals surface area contributed by atoms with Crippen LogP contribution >= 0.6 is 0 Å². The predicted molar refractivity (Wildman–Crippen MR) is 95.6 cm³/mol. The fourth-order valence-corrected chi connectivity index (χ4v) is 2.91. The molecular weight excluding hydrogens is 353 g/mol. The summed E-state index contributed by atoms with van der Waals surface area (Å²) >= 11 is 0. The van der Waals surface area contributed by atoms with E-state index in [1.54, 1.807) is 29.2 Å². The maximum Gasteiger partial charge on any atom is 0.338 e. The van der Waals surface area contributed by atoms with Gasteiger partial charge in [0.25, 0.3) is 0 Å². The minimum Gasteiger partial charge on any atom is -0.496 e. The summed E-state index contributed by atoms with van der Waals surface area (Å²) in [6.45, 7) is 0.0563. The second-order valence-electron chi connectivity index (χ2n) is 6.04. The Morgan fingerprint density at radius 3 is 2.70 bits per heavy atom. The van der Waals surface area contributed by atoms with Crippen molar-refractivity contribution in [2.75, 3.05) is 25.2 Å². The Kier molecular flexibility index (Phi) is 5.49. The van der Waals surface area contributed by atoms with Crippen molar-refractivity contribution >= 4 is 23.3 Å². The number of ether oxygens (including phenoxy) is 2. The molecular formula is C20H18FNO5. The fourth-order valence-electron chi connectivity index (χ4n) is 2.91. The number of carbonyl (C=O) groups excluding carboxylic acids is 3. The number of nitrogens with zero attached hydrogens (tertiary/aromatic N) is 1. The number of anilines is 1. The second-order valence-corrected chi connectivity index (χ2v) is 6.04. The van der Waals surface area contributed by atoms with Crippen molar-refractivity contribution in [2.24, 2.45) is 0 Å². The predicted octanol–water partition coefficient (Wildman–Crippen LogP) is 3.00. The van der Waals surface area contributed by atoms with Crippen LogP contribution in [0.25, 0.3) is 0 Å². The molecule has 140 valence electrons. The zero-order valence-electron chi connectivity index (χ0n) is 14.7. The van der Waals surface area contributed by atoms with E-state index in [-0.39, 0.29) is 22.8 Å². The van der Waals surface area contributed by atoms with Gasteiger partial charge < -0.3 is 14.4 Å². The number of Topliss-reactive ketones (excluding diaryl/α,β-unsaturated/α-hetero) is 1. The normalized spacial score (nSPS) is 13.6. The van der Waals surface area contributed by atoms with E-state index >= 15 is 0 Å². The first-order chi connectivity index (χ1) is 13.0. The number of halogens is 1. The van der Waals surface area contributed by atoms with Crippen molar-refractivity contribution in [1.82, 2.24) is 0 Å². The van der Waals surface area contributed by atoms with Crippen molar-refractivity contribution in [3.8, 4) is 5.75 Å². The molecule has 1 fully saturated rings. The first-order valence-corrected chi connectivity index (χ1v) is 8.44. The number of methoxy groups -OCH3 is 1. The summed E-state index contributed by atoms with van der Waals surface area (Å²) in [7, 11) is 1.36. The molecule has 1 saturated heterocycles. The average Bonchev–Trinajstić information content (AvgIpc) is 3.11. The quantitative estimate of drug-likeness (QED) is 0.577. The highest BCUT2D eigenvalue weighted by molar-refractivity contribution is 6.02. The van der Waals surface area contributed by atoms with E-state index in [9.17, 15) is 18.8 Å². The Hall–Kier alpha value is -3.22. The molecule has 0 spiro atoms. The van der Waals surface area contributed by atoms with Crippen LogP contribution < -0.4 is 9.64 Å². The summed E-state index contributed by atoms with van der Waals surface area (Å²) in [5.41, 5.74) is 0.845. The molecule has 3 rings (SSSR count). The third-order valence-electron chi connectivity index (χ3n) is 4.26. The monoisotopic (exact) mass is 371 g/mol. The standard InChI is InChI=1S/C20H18FNO5/c1-26-18-8-7-14(21)11-16(18)17(23)12-27-20(25)13-4-2-5-15(10-13)22-9-3-6-19(22)24/h2,4-5,7-8,10-11H,3,6,9,12H2,1H3. The molecule has 0 atom stereocenters. The fraction of sp³-hybridized carbons (Fsp3) is 0.250. The molecule has 1 aliphatic heterocycles. The van der Waals surface area contributed by atoms with Gasteiger partial charge in [0, 0.05) is 18.7 Å². The topological polar surface area (TPSA) is 72.9 Å². The lowest BCUT2D eigenvalue weighted by atomic mass is 10.1. The summed E-state index contributed by atoms with van der Waals surface area (Å²) in [6, 6.07) is 10.0. The summed E-state index contributed by atoms with van der Waals surface area (Å²) in [4.78, 5) is 38.0. The highest BCUT2D eigenvalue weighted by Crippen LogP contribution is 2.23. The Morgan fingerprint density at radius 2 is 2.00 bits per heavy atom. The lowest BCUT2D eigenvalue weighted by Gasteiger charge is -2.16. The highest BCUT2D eigenvalue weighted by atomic mass is 19.1. The van der Waals surface area contributed by atoms with Gasteiger partial charge >= 0.3 is 5.97 Å². The van der Waals surface area contributed by atoms with Gasteiger partial charge in [-0.15, -0.1) is 0 Å². The van der Waals surface area contributed by atoms with Gasteiger partial charge in [0.1, 0.15) is 11.6 Å². The number of hydrogen-bond acceptors (Lipinski definition) is 5. The van der Waals surface area contributed by atoms with Gasteiger partial charge in [0.15, 0.2) is 6.61 Å². The van der Waals surface area contributed by atoms with Crippen LogP contribution in [0.2, 0.25) is 0 Å². The van der Waals surface area contributed by atoms with E-state index in [0.29, 0.717) is 18.7 Å². The first kappa shape index (κ1) is 18.6. The van der Waals surface area contributed by atoms with Gasteiger partial charge in [-0.3, -0.25) is 9.59 Å². The molecule has 0 unspecified atom stereocenters. The Bertz CT molecular complexity index is 896. The Balaban J connectivity index is 1.68. The van der Waals surface area contributed by atoms with Gasteiger partial charge in [-0.1, -0.05) is 6.07 Å². The molecule has 0 radical (unpaired) electrons. The summed E-state index contributed by atoms with van der Waals surface area (Å²) < 4.78 is 23.5. The van der Waals surface area contributed by atoms with Crippen LogP contribution in [-0.2, 0) is 9.53 Å². The van der Waals surface area contributed by atoms with Gasteiger partial charge in [-0.2, -0.15) is 0 Å². The second kappa shape index (κ2) is 7.99. The zero-order valence-corrected chi connectivity index (χ0v) is 14.7. The molecule has 0 saturated carbocycles. The van der Waals surface area contributed by atoms with E-state index in [1.807, 2.05) is 0 Å². The van der Waals surface area contributed by atoms with E-state index in [4.69, 9.17) is 9.47 Å². The molecule has 1 heterocycles. The number of hydrogen-bond donors (Lipinski definition) is 0. The third kappa shape index (κ3) is 4.13. The molecule has 2 aromatic carbocycles. The smallest absolute Gasteiger partial charge is 0.338 e. The molecule has 6 nitrogen and oxygen atoms in total. The van der Waals surface area contributed by atoms with Gasteiger partial charge in [-0.05, 0) is 42.8 Å².